The van der Waals surface area contributed by atoms with Crippen molar-refractivity contribution in [3.05, 3.63) is 71.9 Å². The van der Waals surface area contributed by atoms with Crippen LogP contribution in [-0.4, -0.2) is 5.16 Å². The molecule has 0 aliphatic rings. The molecule has 3 rings (SSSR count). The van der Waals surface area contributed by atoms with Crippen LogP contribution in [0.25, 0.3) is 11.1 Å². The zero-order chi connectivity index (χ0) is 13.1. The van der Waals surface area contributed by atoms with Gasteiger partial charge < -0.3 is 10.3 Å². The van der Waals surface area contributed by atoms with Gasteiger partial charge in [-0.05, 0) is 16.7 Å². The standard InChI is InChI=1S/C16H14N2O/c17-16-11-15(18-19-16)10-12-6-8-14(9-7-12)13-4-2-1-3-5-13/h1-9,11H,10,17H2. The molecule has 1 aromatic heterocycles. The lowest BCUT2D eigenvalue weighted by atomic mass is 10.0. The zero-order valence-corrected chi connectivity index (χ0v) is 10.4. The summed E-state index contributed by atoms with van der Waals surface area (Å²) in [5.74, 6) is 0.357. The predicted molar refractivity (Wildman–Crippen MR) is 75.6 cm³/mol. The van der Waals surface area contributed by atoms with E-state index in [2.05, 4.69) is 41.6 Å². The summed E-state index contributed by atoms with van der Waals surface area (Å²) >= 11 is 0. The lowest BCUT2D eigenvalue weighted by Crippen LogP contribution is -1.88. The van der Waals surface area contributed by atoms with Gasteiger partial charge in [-0.15, -0.1) is 0 Å². The number of nitrogens with zero attached hydrogens (tertiary/aromatic N) is 1. The van der Waals surface area contributed by atoms with Gasteiger partial charge in [0.05, 0.1) is 5.69 Å². The highest BCUT2D eigenvalue weighted by Crippen LogP contribution is 2.20. The molecule has 1 heterocycles. The molecule has 94 valence electrons. The molecule has 0 aliphatic carbocycles. The summed E-state index contributed by atoms with van der Waals surface area (Å²) in [5, 5.41) is 3.89. The lowest BCUT2D eigenvalue weighted by molar-refractivity contribution is 0.429. The zero-order valence-electron chi connectivity index (χ0n) is 10.4. The van der Waals surface area contributed by atoms with Gasteiger partial charge in [0.15, 0.2) is 0 Å². The van der Waals surface area contributed by atoms with Crippen molar-refractivity contribution in [2.45, 2.75) is 6.42 Å². The number of nitrogens with two attached hydrogens (primary N) is 1. The van der Waals surface area contributed by atoms with Crippen LogP contribution >= 0.6 is 0 Å². The molecule has 0 bridgehead atoms. The molecule has 19 heavy (non-hydrogen) atoms. The van der Waals surface area contributed by atoms with Gasteiger partial charge in [0.1, 0.15) is 0 Å². The Balaban J connectivity index is 1.79. The molecule has 3 aromatic rings. The van der Waals surface area contributed by atoms with Gasteiger partial charge in [-0.1, -0.05) is 59.8 Å². The Bertz CT molecular complexity index is 657. The molecule has 0 amide bonds. The molecule has 0 atom stereocenters. The van der Waals surface area contributed by atoms with Crippen molar-refractivity contribution in [2.75, 3.05) is 5.73 Å². The first-order chi connectivity index (χ1) is 9.31. The summed E-state index contributed by atoms with van der Waals surface area (Å²) in [4.78, 5) is 0. The molecular formula is C16H14N2O. The van der Waals surface area contributed by atoms with Crippen LogP contribution in [0.2, 0.25) is 0 Å². The highest BCUT2D eigenvalue weighted by Gasteiger charge is 2.03. The Morgan fingerprint density at radius 2 is 1.58 bits per heavy atom. The fourth-order valence-corrected chi connectivity index (χ4v) is 2.07. The molecule has 0 aliphatic heterocycles. The smallest absolute Gasteiger partial charge is 0.222 e. The Morgan fingerprint density at radius 3 is 2.21 bits per heavy atom. The van der Waals surface area contributed by atoms with Crippen molar-refractivity contribution in [3.63, 3.8) is 0 Å². The minimum atomic E-state index is 0.357. The monoisotopic (exact) mass is 250 g/mol. The van der Waals surface area contributed by atoms with E-state index in [0.717, 1.165) is 12.1 Å². The average molecular weight is 250 g/mol. The molecule has 0 unspecified atom stereocenters. The molecule has 0 spiro atoms. The highest BCUT2D eigenvalue weighted by molar-refractivity contribution is 5.63. The van der Waals surface area contributed by atoms with Crippen LogP contribution in [0.15, 0.2) is 65.2 Å². The maximum atomic E-state index is 5.50. The van der Waals surface area contributed by atoms with Crippen LogP contribution in [0.5, 0.6) is 0 Å². The fourth-order valence-electron chi connectivity index (χ4n) is 2.07. The van der Waals surface area contributed by atoms with Crippen molar-refractivity contribution in [1.82, 2.24) is 5.16 Å². The summed E-state index contributed by atoms with van der Waals surface area (Å²) in [6, 6.07) is 20.5. The maximum absolute atomic E-state index is 5.50. The summed E-state index contributed by atoms with van der Waals surface area (Å²) in [6.45, 7) is 0. The number of anilines is 1. The van der Waals surface area contributed by atoms with Crippen LogP contribution in [-0.2, 0) is 6.42 Å². The third-order valence-electron chi connectivity index (χ3n) is 3.02. The van der Waals surface area contributed by atoms with Crippen LogP contribution < -0.4 is 5.73 Å². The molecule has 3 heteroatoms. The average Bonchev–Trinajstić information content (AvgIpc) is 2.86. The number of nitrogen functional groups attached to an aromatic ring is 1. The Kier molecular flexibility index (Phi) is 3.02. The summed E-state index contributed by atoms with van der Waals surface area (Å²) in [5.41, 5.74) is 9.98. The van der Waals surface area contributed by atoms with Crippen molar-refractivity contribution in [1.29, 1.82) is 0 Å². The molecule has 0 saturated carbocycles. The van der Waals surface area contributed by atoms with Gasteiger partial charge in [-0.3, -0.25) is 0 Å². The van der Waals surface area contributed by atoms with Crippen LogP contribution in [0.1, 0.15) is 11.3 Å². The topological polar surface area (TPSA) is 52.0 Å². The molecule has 0 fully saturated rings. The first kappa shape index (κ1) is 11.5. The van der Waals surface area contributed by atoms with Gasteiger partial charge >= 0.3 is 0 Å². The van der Waals surface area contributed by atoms with E-state index in [1.54, 1.807) is 6.07 Å². The maximum Gasteiger partial charge on any atom is 0.222 e. The van der Waals surface area contributed by atoms with Crippen molar-refractivity contribution >= 4 is 5.88 Å². The summed E-state index contributed by atoms with van der Waals surface area (Å²) in [7, 11) is 0. The number of aromatic nitrogens is 1. The molecular weight excluding hydrogens is 236 g/mol. The van der Waals surface area contributed by atoms with E-state index >= 15 is 0 Å². The van der Waals surface area contributed by atoms with Gasteiger partial charge in [0, 0.05) is 12.5 Å². The third-order valence-corrected chi connectivity index (χ3v) is 3.02. The van der Waals surface area contributed by atoms with Crippen molar-refractivity contribution in [3.8, 4) is 11.1 Å². The third kappa shape index (κ3) is 2.65. The number of hydrogen-bond acceptors (Lipinski definition) is 3. The van der Waals surface area contributed by atoms with E-state index < -0.39 is 0 Å². The first-order valence-corrected chi connectivity index (χ1v) is 6.17. The minimum Gasteiger partial charge on any atom is -0.368 e. The summed E-state index contributed by atoms with van der Waals surface area (Å²) < 4.78 is 4.86. The molecule has 0 saturated heterocycles. The summed E-state index contributed by atoms with van der Waals surface area (Å²) in [6.07, 6.45) is 0.732. The normalized spacial score (nSPS) is 10.5. The highest BCUT2D eigenvalue weighted by atomic mass is 16.5. The van der Waals surface area contributed by atoms with Crippen molar-refractivity contribution < 1.29 is 4.52 Å². The van der Waals surface area contributed by atoms with Gasteiger partial charge in [-0.2, -0.15) is 0 Å². The SMILES string of the molecule is Nc1cc(Cc2ccc(-c3ccccc3)cc2)no1. The van der Waals surface area contributed by atoms with Crippen LogP contribution in [0.3, 0.4) is 0 Å². The number of benzene rings is 2. The van der Waals surface area contributed by atoms with Gasteiger partial charge in [0.2, 0.25) is 5.88 Å². The Morgan fingerprint density at radius 1 is 0.895 bits per heavy atom. The Labute approximate surface area is 111 Å². The van der Waals surface area contributed by atoms with Gasteiger partial charge in [0.25, 0.3) is 0 Å². The molecule has 3 nitrogen and oxygen atoms in total. The molecule has 2 N–H and O–H groups in total. The van der Waals surface area contributed by atoms with Crippen LogP contribution in [0.4, 0.5) is 5.88 Å². The quantitative estimate of drug-likeness (QED) is 0.773. The molecule has 0 radical (unpaired) electrons. The van der Waals surface area contributed by atoms with E-state index in [4.69, 9.17) is 10.3 Å². The molecule has 2 aromatic carbocycles. The van der Waals surface area contributed by atoms with E-state index in [9.17, 15) is 0 Å². The fraction of sp³-hybridized carbons (Fsp3) is 0.0625. The van der Waals surface area contributed by atoms with E-state index in [-0.39, 0.29) is 0 Å². The second-order valence-corrected chi connectivity index (χ2v) is 4.46. The minimum absolute atomic E-state index is 0.357. The first-order valence-electron chi connectivity index (χ1n) is 6.17. The second kappa shape index (κ2) is 4.98. The van der Waals surface area contributed by atoms with Crippen LogP contribution in [0, 0.1) is 0 Å². The van der Waals surface area contributed by atoms with Crippen molar-refractivity contribution in [2.24, 2.45) is 0 Å². The Hall–Kier alpha value is -2.55. The largest absolute Gasteiger partial charge is 0.368 e. The van der Waals surface area contributed by atoms with E-state index in [1.165, 1.54) is 16.7 Å². The number of rotatable bonds is 3. The number of hydrogen-bond donors (Lipinski definition) is 1. The predicted octanol–water partition coefficient (Wildman–Crippen LogP) is 3.51. The van der Waals surface area contributed by atoms with Gasteiger partial charge in [-0.25, -0.2) is 0 Å². The second-order valence-electron chi connectivity index (χ2n) is 4.46. The van der Waals surface area contributed by atoms with E-state index in [1.807, 2.05) is 18.2 Å². The van der Waals surface area contributed by atoms with E-state index in [0.29, 0.717) is 5.88 Å². The lowest BCUT2D eigenvalue weighted by Gasteiger charge is -2.03.